The Balaban J connectivity index is 1.85. The summed E-state index contributed by atoms with van der Waals surface area (Å²) in [5.41, 5.74) is 0.805. The Kier molecular flexibility index (Phi) is 3.62. The number of furan rings is 1. The maximum absolute atomic E-state index is 8.56. The summed E-state index contributed by atoms with van der Waals surface area (Å²) in [5.74, 6) is 2.92. The van der Waals surface area contributed by atoms with Crippen LogP contribution in [0.5, 0.6) is 11.5 Å². The molecule has 0 aliphatic heterocycles. The molecule has 0 aliphatic carbocycles. The van der Waals surface area contributed by atoms with E-state index < -0.39 is 0 Å². The van der Waals surface area contributed by atoms with Gasteiger partial charge in [-0.1, -0.05) is 18.2 Å². The first-order chi connectivity index (χ1) is 9.85. The van der Waals surface area contributed by atoms with Gasteiger partial charge in [0, 0.05) is 5.39 Å². The zero-order valence-electron chi connectivity index (χ0n) is 10.6. The SMILES string of the molecule is N#CSCc1cc2cc(Oc3ccccc3)ccc2o1. The normalized spacial score (nSPS) is 10.3. The van der Waals surface area contributed by atoms with Crippen LogP contribution < -0.4 is 4.74 Å². The molecule has 3 nitrogen and oxygen atoms in total. The zero-order chi connectivity index (χ0) is 13.8. The molecule has 0 spiro atoms. The fourth-order valence-corrected chi connectivity index (χ4v) is 2.29. The van der Waals surface area contributed by atoms with E-state index in [1.165, 1.54) is 0 Å². The molecule has 0 unspecified atom stereocenters. The van der Waals surface area contributed by atoms with Crippen LogP contribution in [-0.4, -0.2) is 0 Å². The molecule has 0 amide bonds. The van der Waals surface area contributed by atoms with Gasteiger partial charge < -0.3 is 9.15 Å². The molecule has 3 aromatic rings. The number of nitrogens with zero attached hydrogens (tertiary/aromatic N) is 1. The van der Waals surface area contributed by atoms with E-state index in [1.807, 2.05) is 60.0 Å². The molecule has 0 atom stereocenters. The molecule has 0 radical (unpaired) electrons. The molecule has 0 saturated heterocycles. The van der Waals surface area contributed by atoms with Crippen LogP contribution in [0.25, 0.3) is 11.0 Å². The second kappa shape index (κ2) is 5.72. The molecule has 0 fully saturated rings. The van der Waals surface area contributed by atoms with E-state index in [9.17, 15) is 0 Å². The predicted molar refractivity (Wildman–Crippen MR) is 79.6 cm³/mol. The van der Waals surface area contributed by atoms with Crippen molar-refractivity contribution in [2.45, 2.75) is 5.75 Å². The maximum atomic E-state index is 8.56. The van der Waals surface area contributed by atoms with Crippen LogP contribution in [0.4, 0.5) is 0 Å². The minimum absolute atomic E-state index is 0.556. The molecule has 20 heavy (non-hydrogen) atoms. The average molecular weight is 281 g/mol. The summed E-state index contributed by atoms with van der Waals surface area (Å²) in [6.45, 7) is 0. The van der Waals surface area contributed by atoms with E-state index in [2.05, 4.69) is 0 Å². The van der Waals surface area contributed by atoms with Crippen molar-refractivity contribution in [3.63, 3.8) is 0 Å². The Morgan fingerprint density at radius 1 is 1.05 bits per heavy atom. The lowest BCUT2D eigenvalue weighted by Crippen LogP contribution is -1.82. The van der Waals surface area contributed by atoms with E-state index in [4.69, 9.17) is 14.4 Å². The first-order valence-electron chi connectivity index (χ1n) is 6.11. The van der Waals surface area contributed by atoms with Crippen LogP contribution in [0.3, 0.4) is 0 Å². The minimum atomic E-state index is 0.556. The van der Waals surface area contributed by atoms with Crippen molar-refractivity contribution in [3.8, 4) is 16.9 Å². The third kappa shape index (κ3) is 2.79. The maximum Gasteiger partial charge on any atom is 0.134 e. The number of thioether (sulfide) groups is 1. The van der Waals surface area contributed by atoms with Gasteiger partial charge in [-0.05, 0) is 48.2 Å². The van der Waals surface area contributed by atoms with Gasteiger partial charge in [-0.25, -0.2) is 0 Å². The molecule has 2 aromatic carbocycles. The summed E-state index contributed by atoms with van der Waals surface area (Å²) in [4.78, 5) is 0. The lowest BCUT2D eigenvalue weighted by Gasteiger charge is -2.04. The van der Waals surface area contributed by atoms with E-state index in [0.717, 1.165) is 40.0 Å². The van der Waals surface area contributed by atoms with Gasteiger partial charge in [0.25, 0.3) is 0 Å². The smallest absolute Gasteiger partial charge is 0.134 e. The van der Waals surface area contributed by atoms with E-state index >= 15 is 0 Å². The highest BCUT2D eigenvalue weighted by Gasteiger charge is 2.06. The largest absolute Gasteiger partial charge is 0.460 e. The van der Waals surface area contributed by atoms with E-state index in [-0.39, 0.29) is 0 Å². The van der Waals surface area contributed by atoms with Crippen molar-refractivity contribution in [1.82, 2.24) is 0 Å². The van der Waals surface area contributed by atoms with Crippen LogP contribution in [-0.2, 0) is 5.75 Å². The lowest BCUT2D eigenvalue weighted by atomic mass is 10.2. The predicted octanol–water partition coefficient (Wildman–Crippen LogP) is 4.94. The number of hydrogen-bond donors (Lipinski definition) is 0. The van der Waals surface area contributed by atoms with Crippen molar-refractivity contribution in [3.05, 3.63) is 60.4 Å². The van der Waals surface area contributed by atoms with Gasteiger partial charge in [0.15, 0.2) is 0 Å². The Hall–Kier alpha value is -2.38. The summed E-state index contributed by atoms with van der Waals surface area (Å²) in [5, 5.41) is 11.6. The van der Waals surface area contributed by atoms with Gasteiger partial charge in [0.05, 0.1) is 5.75 Å². The van der Waals surface area contributed by atoms with E-state index in [0.29, 0.717) is 5.75 Å². The molecule has 0 saturated carbocycles. The molecule has 3 rings (SSSR count). The van der Waals surface area contributed by atoms with Crippen molar-refractivity contribution >= 4 is 22.7 Å². The fourth-order valence-electron chi connectivity index (χ4n) is 1.94. The number of ether oxygens (including phenoxy) is 1. The number of hydrogen-bond acceptors (Lipinski definition) is 4. The molecule has 0 bridgehead atoms. The van der Waals surface area contributed by atoms with Crippen molar-refractivity contribution in [2.24, 2.45) is 0 Å². The number of benzene rings is 2. The van der Waals surface area contributed by atoms with Crippen LogP contribution in [0.2, 0.25) is 0 Å². The van der Waals surface area contributed by atoms with Crippen LogP contribution in [0.15, 0.2) is 59.0 Å². The molecule has 0 N–H and O–H groups in total. The quantitative estimate of drug-likeness (QED) is 0.635. The highest BCUT2D eigenvalue weighted by Crippen LogP contribution is 2.28. The topological polar surface area (TPSA) is 46.2 Å². The molecule has 4 heteroatoms. The Morgan fingerprint density at radius 3 is 2.70 bits per heavy atom. The summed E-state index contributed by atoms with van der Waals surface area (Å²) < 4.78 is 11.4. The second-order valence-corrected chi connectivity index (χ2v) is 4.97. The first-order valence-corrected chi connectivity index (χ1v) is 7.10. The van der Waals surface area contributed by atoms with E-state index in [1.54, 1.807) is 0 Å². The number of rotatable bonds is 4. The summed E-state index contributed by atoms with van der Waals surface area (Å²) in [6.07, 6.45) is 0. The van der Waals surface area contributed by atoms with Crippen LogP contribution in [0.1, 0.15) is 5.76 Å². The average Bonchev–Trinajstić information content (AvgIpc) is 2.88. The number of nitriles is 1. The molecule has 1 heterocycles. The number of para-hydroxylation sites is 1. The minimum Gasteiger partial charge on any atom is -0.460 e. The van der Waals surface area contributed by atoms with Crippen LogP contribution >= 0.6 is 11.8 Å². The van der Waals surface area contributed by atoms with Gasteiger partial charge in [0.1, 0.15) is 28.2 Å². The summed E-state index contributed by atoms with van der Waals surface area (Å²) in [7, 11) is 0. The van der Waals surface area contributed by atoms with Gasteiger partial charge in [-0.3, -0.25) is 0 Å². The molecular weight excluding hydrogens is 270 g/mol. The van der Waals surface area contributed by atoms with Crippen molar-refractivity contribution in [1.29, 1.82) is 5.26 Å². The summed E-state index contributed by atoms with van der Waals surface area (Å²) in [6, 6.07) is 17.3. The molecule has 98 valence electrons. The highest BCUT2D eigenvalue weighted by molar-refractivity contribution is 8.02. The standard InChI is InChI=1S/C16H11NO2S/c17-11-20-10-15-9-12-8-14(6-7-16(12)19-15)18-13-4-2-1-3-5-13/h1-9H,10H2. The monoisotopic (exact) mass is 281 g/mol. The summed E-state index contributed by atoms with van der Waals surface area (Å²) >= 11 is 1.16. The number of thiocyanates is 1. The number of fused-ring (bicyclic) bond motifs is 1. The van der Waals surface area contributed by atoms with Gasteiger partial charge in [-0.15, -0.1) is 0 Å². The second-order valence-electron chi connectivity index (χ2n) is 4.21. The van der Waals surface area contributed by atoms with Gasteiger partial charge >= 0.3 is 0 Å². The van der Waals surface area contributed by atoms with Crippen molar-refractivity contribution in [2.75, 3.05) is 0 Å². The highest BCUT2D eigenvalue weighted by atomic mass is 32.2. The molecule has 0 aliphatic rings. The third-order valence-electron chi connectivity index (χ3n) is 2.80. The Morgan fingerprint density at radius 2 is 1.90 bits per heavy atom. The fraction of sp³-hybridized carbons (Fsp3) is 0.0625. The van der Waals surface area contributed by atoms with Gasteiger partial charge in [0.2, 0.25) is 0 Å². The molecular formula is C16H11NO2S. The van der Waals surface area contributed by atoms with Crippen molar-refractivity contribution < 1.29 is 9.15 Å². The Bertz CT molecular complexity index is 759. The Labute approximate surface area is 120 Å². The lowest BCUT2D eigenvalue weighted by molar-refractivity contribution is 0.483. The van der Waals surface area contributed by atoms with Gasteiger partial charge in [-0.2, -0.15) is 5.26 Å². The third-order valence-corrected chi connectivity index (χ3v) is 3.35. The first kappa shape index (κ1) is 12.6. The molecule has 1 aromatic heterocycles. The zero-order valence-corrected chi connectivity index (χ0v) is 11.4. The van der Waals surface area contributed by atoms with Crippen LogP contribution in [0, 0.1) is 10.7 Å².